The molecule has 0 fully saturated rings. The van der Waals surface area contributed by atoms with Crippen molar-refractivity contribution in [2.45, 2.75) is 23.7 Å². The molecular formula is C17H14F5N3O3S. The number of primary sulfonamides is 1. The van der Waals surface area contributed by atoms with Gasteiger partial charge in [-0.1, -0.05) is 12.1 Å². The predicted octanol–water partition coefficient (Wildman–Crippen LogP) is 2.44. The van der Waals surface area contributed by atoms with Crippen molar-refractivity contribution >= 4 is 21.5 Å². The molecule has 1 unspecified atom stereocenters. The largest absolute Gasteiger partial charge is 0.440 e. The zero-order chi connectivity index (χ0) is 21.8. The van der Waals surface area contributed by atoms with E-state index in [2.05, 4.69) is 4.99 Å². The number of halogens is 5. The second-order valence-corrected chi connectivity index (χ2v) is 7.94. The van der Waals surface area contributed by atoms with Crippen LogP contribution in [0.1, 0.15) is 11.1 Å². The molecule has 3 N–H and O–H groups in total. The minimum atomic E-state index is -5.24. The molecule has 29 heavy (non-hydrogen) atoms. The van der Waals surface area contributed by atoms with Crippen molar-refractivity contribution in [3.63, 3.8) is 0 Å². The first-order valence-electron chi connectivity index (χ1n) is 7.99. The van der Waals surface area contributed by atoms with Crippen LogP contribution in [0.5, 0.6) is 0 Å². The number of amidine groups is 1. The molecule has 0 radical (unpaired) electrons. The van der Waals surface area contributed by atoms with E-state index in [1.807, 2.05) is 0 Å². The van der Waals surface area contributed by atoms with Crippen molar-refractivity contribution < 1.29 is 35.5 Å². The molecule has 2 aromatic carbocycles. The smallest absolute Gasteiger partial charge is 0.361 e. The van der Waals surface area contributed by atoms with Gasteiger partial charge in [0.2, 0.25) is 10.0 Å². The van der Waals surface area contributed by atoms with Gasteiger partial charge in [-0.3, -0.25) is 0 Å². The van der Waals surface area contributed by atoms with Crippen molar-refractivity contribution in [1.82, 2.24) is 0 Å². The van der Waals surface area contributed by atoms with Gasteiger partial charge in [-0.2, -0.15) is 13.2 Å². The Labute approximate surface area is 162 Å². The maximum atomic E-state index is 14.0. The summed E-state index contributed by atoms with van der Waals surface area (Å²) in [5, 5.41) is 15.2. The lowest BCUT2D eigenvalue weighted by molar-refractivity contribution is -0.249. The van der Waals surface area contributed by atoms with Crippen LogP contribution >= 0.6 is 0 Å². The minimum Gasteiger partial charge on any atom is -0.361 e. The number of para-hydroxylation sites is 1. The summed E-state index contributed by atoms with van der Waals surface area (Å²) in [6, 6.07) is 6.28. The third-order valence-corrected chi connectivity index (χ3v) is 5.34. The van der Waals surface area contributed by atoms with Gasteiger partial charge in [0.1, 0.15) is 22.4 Å². The highest BCUT2D eigenvalue weighted by Gasteiger charge is 2.59. The molecule has 0 spiro atoms. The molecule has 12 heteroatoms. The summed E-state index contributed by atoms with van der Waals surface area (Å²) in [4.78, 5) is 3.41. The van der Waals surface area contributed by atoms with Crippen LogP contribution in [0, 0.1) is 18.6 Å². The van der Waals surface area contributed by atoms with Crippen molar-refractivity contribution in [3.05, 3.63) is 59.2 Å². The number of hydrogen-bond donors (Lipinski definition) is 2. The Morgan fingerprint density at radius 1 is 1.17 bits per heavy atom. The molecule has 0 saturated carbocycles. The zero-order valence-electron chi connectivity index (χ0n) is 14.7. The Balaban J connectivity index is 2.27. The fourth-order valence-corrected chi connectivity index (χ4v) is 3.57. The maximum absolute atomic E-state index is 14.0. The summed E-state index contributed by atoms with van der Waals surface area (Å²) in [5.74, 6) is -2.77. The Morgan fingerprint density at radius 3 is 2.24 bits per heavy atom. The summed E-state index contributed by atoms with van der Waals surface area (Å²) in [7, 11) is -4.38. The van der Waals surface area contributed by atoms with Gasteiger partial charge in [0.15, 0.2) is 0 Å². The monoisotopic (exact) mass is 435 g/mol. The highest BCUT2D eigenvalue weighted by Crippen LogP contribution is 2.40. The van der Waals surface area contributed by atoms with Crippen LogP contribution < -0.4 is 10.0 Å². The molecule has 0 aliphatic carbocycles. The topological polar surface area (TPSA) is 96.0 Å². The number of nitrogens with two attached hydrogens (primary N) is 1. The van der Waals surface area contributed by atoms with E-state index in [1.165, 1.54) is 12.1 Å². The highest BCUT2D eigenvalue weighted by atomic mass is 32.2. The van der Waals surface area contributed by atoms with Gasteiger partial charge in [0.25, 0.3) is 5.72 Å². The molecule has 1 heterocycles. The van der Waals surface area contributed by atoms with Crippen LogP contribution in [0.15, 0.2) is 46.3 Å². The number of benzene rings is 2. The average Bonchev–Trinajstić information content (AvgIpc) is 2.97. The first-order valence-corrected chi connectivity index (χ1v) is 9.53. The molecule has 0 bridgehead atoms. The Morgan fingerprint density at radius 2 is 1.72 bits per heavy atom. The van der Waals surface area contributed by atoms with Crippen LogP contribution in [0.4, 0.5) is 27.6 Å². The third kappa shape index (κ3) is 3.70. The summed E-state index contributed by atoms with van der Waals surface area (Å²) in [5.41, 5.74) is -4.76. The molecule has 156 valence electrons. The number of rotatable bonds is 3. The molecule has 0 aromatic heterocycles. The minimum absolute atomic E-state index is 0.338. The Bertz CT molecular complexity index is 1090. The average molecular weight is 435 g/mol. The van der Waals surface area contributed by atoms with E-state index < -0.39 is 56.4 Å². The van der Waals surface area contributed by atoms with E-state index in [0.717, 1.165) is 31.2 Å². The number of sulfonamides is 1. The van der Waals surface area contributed by atoms with Crippen LogP contribution in [-0.4, -0.2) is 37.8 Å². The van der Waals surface area contributed by atoms with Gasteiger partial charge < -0.3 is 10.0 Å². The molecule has 0 saturated heterocycles. The molecule has 0 amide bonds. The number of β-amino-alcohol motifs (C(OH)–C–C–N with tert-alkyl or cyclic N) is 1. The second kappa shape index (κ2) is 6.75. The van der Waals surface area contributed by atoms with Crippen molar-refractivity contribution in [3.8, 4) is 0 Å². The lowest BCUT2D eigenvalue weighted by atomic mass is 10.1. The summed E-state index contributed by atoms with van der Waals surface area (Å²) in [6.07, 6.45) is -5.24. The number of aliphatic hydroxyl groups is 1. The molecule has 1 aliphatic heterocycles. The van der Waals surface area contributed by atoms with Gasteiger partial charge in [0, 0.05) is 11.1 Å². The normalized spacial score (nSPS) is 20.1. The molecule has 6 nitrogen and oxygen atoms in total. The highest BCUT2D eigenvalue weighted by molar-refractivity contribution is 7.89. The van der Waals surface area contributed by atoms with Crippen molar-refractivity contribution in [2.75, 3.05) is 11.4 Å². The Hall–Kier alpha value is -2.57. The second-order valence-electron chi connectivity index (χ2n) is 6.41. The molecular weight excluding hydrogens is 421 g/mol. The molecule has 3 rings (SSSR count). The SMILES string of the molecule is Cc1c(F)cc(C2=NC(O)(C(F)(F)F)CN2c2ccccc2S(N)(=O)=O)cc1F. The van der Waals surface area contributed by atoms with Gasteiger partial charge in [-0.05, 0) is 31.2 Å². The van der Waals surface area contributed by atoms with Crippen LogP contribution in [-0.2, 0) is 10.0 Å². The maximum Gasteiger partial charge on any atom is 0.440 e. The van der Waals surface area contributed by atoms with Gasteiger partial charge >= 0.3 is 6.18 Å². The number of aliphatic imine (C=N–C) groups is 1. The fraction of sp³-hybridized carbons (Fsp3) is 0.235. The molecule has 2 aromatic rings. The number of anilines is 1. The number of hydrogen-bond acceptors (Lipinski definition) is 5. The lowest BCUT2D eigenvalue weighted by Gasteiger charge is -2.26. The summed E-state index contributed by atoms with van der Waals surface area (Å²) in [6.45, 7) is -0.111. The predicted molar refractivity (Wildman–Crippen MR) is 93.8 cm³/mol. The lowest BCUT2D eigenvalue weighted by Crippen LogP contribution is -2.48. The van der Waals surface area contributed by atoms with Gasteiger partial charge in [-0.25, -0.2) is 27.3 Å². The first-order chi connectivity index (χ1) is 13.2. The van der Waals surface area contributed by atoms with Gasteiger partial charge in [0.05, 0.1) is 12.2 Å². The number of alkyl halides is 3. The fourth-order valence-electron chi connectivity index (χ4n) is 2.83. The van der Waals surface area contributed by atoms with Crippen LogP contribution in [0.25, 0.3) is 0 Å². The van der Waals surface area contributed by atoms with E-state index >= 15 is 0 Å². The van der Waals surface area contributed by atoms with Crippen molar-refractivity contribution in [2.24, 2.45) is 10.1 Å². The van der Waals surface area contributed by atoms with E-state index in [4.69, 9.17) is 5.14 Å². The Kier molecular flexibility index (Phi) is 4.92. The summed E-state index contributed by atoms with van der Waals surface area (Å²) < 4.78 is 92.0. The van der Waals surface area contributed by atoms with Gasteiger partial charge in [-0.15, -0.1) is 0 Å². The van der Waals surface area contributed by atoms with E-state index in [0.29, 0.717) is 4.90 Å². The van der Waals surface area contributed by atoms with E-state index in [1.54, 1.807) is 0 Å². The standard InChI is InChI=1S/C17H14F5N3O3S/c1-9-11(18)6-10(7-12(9)19)15-24-16(26,17(20,21)22)8-25(15)13-4-2-3-5-14(13)29(23,27)28/h2-7,26H,8H2,1H3,(H2,23,27,28). The van der Waals surface area contributed by atoms with E-state index in [9.17, 15) is 35.5 Å². The molecule has 1 atom stereocenters. The van der Waals surface area contributed by atoms with Crippen molar-refractivity contribution in [1.29, 1.82) is 0 Å². The zero-order valence-corrected chi connectivity index (χ0v) is 15.5. The summed E-state index contributed by atoms with van der Waals surface area (Å²) >= 11 is 0. The quantitative estimate of drug-likeness (QED) is 0.724. The molecule has 1 aliphatic rings. The van der Waals surface area contributed by atoms with E-state index in [-0.39, 0.29) is 11.3 Å². The van der Waals surface area contributed by atoms with Crippen LogP contribution in [0.2, 0.25) is 0 Å². The number of nitrogens with zero attached hydrogens (tertiary/aromatic N) is 2. The van der Waals surface area contributed by atoms with Crippen LogP contribution in [0.3, 0.4) is 0 Å². The first kappa shape index (κ1) is 21.1. The third-order valence-electron chi connectivity index (χ3n) is 4.38.